The molecule has 1 fully saturated rings. The molecule has 9 heavy (non-hydrogen) atoms. The number of aliphatic hydroxyl groups is 1. The highest BCUT2D eigenvalue weighted by Gasteiger charge is 2.38. The van der Waals surface area contributed by atoms with Gasteiger partial charge >= 0.3 is 0 Å². The lowest BCUT2D eigenvalue weighted by molar-refractivity contribution is 0.156. The second-order valence-corrected chi connectivity index (χ2v) is 1.98. The number of aromatic nitrogens is 2. The van der Waals surface area contributed by atoms with Crippen molar-refractivity contribution < 1.29 is 9.84 Å². The van der Waals surface area contributed by atoms with Crippen molar-refractivity contribution in [1.82, 2.24) is 10.2 Å². The first kappa shape index (κ1) is 4.96. The Morgan fingerprint density at radius 1 is 1.78 bits per heavy atom. The Balaban J connectivity index is 2.18. The molecular weight excluding hydrogens is 120 g/mol. The van der Waals surface area contributed by atoms with Crippen LogP contribution in [-0.4, -0.2) is 21.6 Å². The summed E-state index contributed by atoms with van der Waals surface area (Å²) in [6.07, 6.45) is 2.60. The Labute approximate surface area is 51.5 Å². The topological polar surface area (TPSA) is 61.4 Å². The van der Waals surface area contributed by atoms with E-state index in [0.717, 1.165) is 5.56 Å². The van der Waals surface area contributed by atoms with Crippen LogP contribution in [0.4, 0.5) is 0 Å². The van der Waals surface area contributed by atoms with Gasteiger partial charge in [-0.25, -0.2) is 0 Å². The molecule has 0 aromatic carbocycles. The standard InChI is InChI=1S/C5H6N2O2/c8-5-4(9-5)3-1-6-7-2-3/h1-2,4-5,8H,(H,6,7). The highest BCUT2D eigenvalue weighted by Crippen LogP contribution is 2.35. The summed E-state index contributed by atoms with van der Waals surface area (Å²) < 4.78 is 4.76. The Bertz CT molecular complexity index is 197. The molecule has 2 rings (SSSR count). The second kappa shape index (κ2) is 1.55. The number of rotatable bonds is 1. The van der Waals surface area contributed by atoms with Gasteiger partial charge in [-0.05, 0) is 0 Å². The van der Waals surface area contributed by atoms with Crippen LogP contribution in [0.15, 0.2) is 12.4 Å². The summed E-state index contributed by atoms with van der Waals surface area (Å²) in [4.78, 5) is 0. The SMILES string of the molecule is OC1OC1c1cn[nH]c1. The largest absolute Gasteiger partial charge is 0.366 e. The highest BCUT2D eigenvalue weighted by molar-refractivity contribution is 5.12. The number of aromatic amines is 1. The molecule has 1 aliphatic rings. The van der Waals surface area contributed by atoms with Crippen LogP contribution in [0.3, 0.4) is 0 Å². The van der Waals surface area contributed by atoms with E-state index in [1.54, 1.807) is 12.4 Å². The van der Waals surface area contributed by atoms with Crippen molar-refractivity contribution in [3.8, 4) is 0 Å². The van der Waals surface area contributed by atoms with Gasteiger partial charge in [0.1, 0.15) is 6.10 Å². The summed E-state index contributed by atoms with van der Waals surface area (Å²) in [6.45, 7) is 0. The van der Waals surface area contributed by atoms with Crippen molar-refractivity contribution in [2.75, 3.05) is 0 Å². The zero-order valence-electron chi connectivity index (χ0n) is 4.61. The lowest BCUT2D eigenvalue weighted by Crippen LogP contribution is -1.81. The summed E-state index contributed by atoms with van der Waals surface area (Å²) in [6, 6.07) is 0. The number of nitrogens with zero attached hydrogens (tertiary/aromatic N) is 1. The Morgan fingerprint density at radius 2 is 2.56 bits per heavy atom. The first-order valence-electron chi connectivity index (χ1n) is 2.70. The van der Waals surface area contributed by atoms with E-state index in [0.29, 0.717) is 0 Å². The van der Waals surface area contributed by atoms with Crippen LogP contribution in [0.2, 0.25) is 0 Å². The van der Waals surface area contributed by atoms with Crippen LogP contribution in [-0.2, 0) is 4.74 Å². The summed E-state index contributed by atoms with van der Waals surface area (Å²) in [5.41, 5.74) is 0.905. The Morgan fingerprint density at radius 3 is 3.00 bits per heavy atom. The van der Waals surface area contributed by atoms with Gasteiger partial charge in [-0.2, -0.15) is 5.10 Å². The zero-order chi connectivity index (χ0) is 6.27. The van der Waals surface area contributed by atoms with Crippen molar-refractivity contribution >= 4 is 0 Å². The molecule has 0 aliphatic carbocycles. The lowest BCUT2D eigenvalue weighted by Gasteiger charge is -1.78. The van der Waals surface area contributed by atoms with Crippen LogP contribution >= 0.6 is 0 Å². The third kappa shape index (κ3) is 0.721. The first-order valence-corrected chi connectivity index (χ1v) is 2.70. The van der Waals surface area contributed by atoms with Crippen molar-refractivity contribution in [3.05, 3.63) is 18.0 Å². The first-order chi connectivity index (χ1) is 4.38. The third-order valence-corrected chi connectivity index (χ3v) is 1.32. The third-order valence-electron chi connectivity index (χ3n) is 1.32. The van der Waals surface area contributed by atoms with E-state index >= 15 is 0 Å². The molecule has 2 heterocycles. The molecule has 48 valence electrons. The van der Waals surface area contributed by atoms with Crippen LogP contribution in [0.1, 0.15) is 11.7 Å². The molecule has 1 aliphatic heterocycles. The molecule has 2 unspecified atom stereocenters. The fraction of sp³-hybridized carbons (Fsp3) is 0.400. The van der Waals surface area contributed by atoms with Crippen molar-refractivity contribution in [3.63, 3.8) is 0 Å². The number of aliphatic hydroxyl groups excluding tert-OH is 1. The van der Waals surface area contributed by atoms with Crippen LogP contribution in [0.5, 0.6) is 0 Å². The fourth-order valence-electron chi connectivity index (χ4n) is 0.765. The van der Waals surface area contributed by atoms with Crippen LogP contribution in [0.25, 0.3) is 0 Å². The molecule has 0 amide bonds. The minimum absolute atomic E-state index is 0.135. The van der Waals surface area contributed by atoms with E-state index in [4.69, 9.17) is 9.84 Å². The second-order valence-electron chi connectivity index (χ2n) is 1.98. The molecule has 0 bridgehead atoms. The van der Waals surface area contributed by atoms with E-state index in [2.05, 4.69) is 10.2 Å². The summed E-state index contributed by atoms with van der Waals surface area (Å²) in [5, 5.41) is 15.1. The van der Waals surface area contributed by atoms with Crippen molar-refractivity contribution in [1.29, 1.82) is 0 Å². The maximum Gasteiger partial charge on any atom is 0.186 e. The maximum atomic E-state index is 8.73. The van der Waals surface area contributed by atoms with Gasteiger partial charge in [-0.15, -0.1) is 0 Å². The molecule has 4 nitrogen and oxygen atoms in total. The average Bonchev–Trinajstić information content (AvgIpc) is 2.44. The molecule has 0 spiro atoms. The van der Waals surface area contributed by atoms with E-state index in [-0.39, 0.29) is 6.10 Å². The van der Waals surface area contributed by atoms with Gasteiger partial charge < -0.3 is 9.84 Å². The highest BCUT2D eigenvalue weighted by atomic mass is 16.7. The van der Waals surface area contributed by atoms with Crippen LogP contribution in [0, 0.1) is 0 Å². The molecule has 1 aromatic heterocycles. The predicted octanol–water partition coefficient (Wildman–Crippen LogP) is -0.201. The molecule has 0 radical (unpaired) electrons. The molecule has 2 atom stereocenters. The number of epoxide rings is 1. The number of hydrogen-bond acceptors (Lipinski definition) is 3. The summed E-state index contributed by atoms with van der Waals surface area (Å²) in [7, 11) is 0. The van der Waals surface area contributed by atoms with E-state index < -0.39 is 6.29 Å². The molecule has 1 saturated heterocycles. The van der Waals surface area contributed by atoms with Gasteiger partial charge in [0.25, 0.3) is 0 Å². The quantitative estimate of drug-likeness (QED) is 0.512. The Hall–Kier alpha value is -0.870. The van der Waals surface area contributed by atoms with Gasteiger partial charge in [-0.1, -0.05) is 0 Å². The van der Waals surface area contributed by atoms with Gasteiger partial charge in [0.2, 0.25) is 0 Å². The molecule has 2 N–H and O–H groups in total. The summed E-state index contributed by atoms with van der Waals surface area (Å²) in [5.74, 6) is 0. The van der Waals surface area contributed by atoms with Gasteiger partial charge in [0, 0.05) is 11.8 Å². The fourth-order valence-corrected chi connectivity index (χ4v) is 0.765. The molecular formula is C5H6N2O2. The molecule has 0 saturated carbocycles. The average molecular weight is 126 g/mol. The number of nitrogens with one attached hydrogen (secondary N) is 1. The number of ether oxygens (including phenoxy) is 1. The normalized spacial score (nSPS) is 32.6. The maximum absolute atomic E-state index is 8.73. The number of H-pyrrole nitrogens is 1. The minimum atomic E-state index is -0.609. The van der Waals surface area contributed by atoms with Crippen molar-refractivity contribution in [2.24, 2.45) is 0 Å². The van der Waals surface area contributed by atoms with Gasteiger partial charge in [0.15, 0.2) is 6.29 Å². The monoisotopic (exact) mass is 126 g/mol. The molecule has 4 heteroatoms. The van der Waals surface area contributed by atoms with Gasteiger partial charge in [-0.3, -0.25) is 5.10 Å². The van der Waals surface area contributed by atoms with E-state index in [1.807, 2.05) is 0 Å². The van der Waals surface area contributed by atoms with Gasteiger partial charge in [0.05, 0.1) is 6.20 Å². The lowest BCUT2D eigenvalue weighted by atomic mass is 10.3. The van der Waals surface area contributed by atoms with Crippen molar-refractivity contribution in [2.45, 2.75) is 12.4 Å². The smallest absolute Gasteiger partial charge is 0.186 e. The zero-order valence-corrected chi connectivity index (χ0v) is 4.61. The van der Waals surface area contributed by atoms with E-state index in [9.17, 15) is 0 Å². The predicted molar refractivity (Wildman–Crippen MR) is 28.4 cm³/mol. The van der Waals surface area contributed by atoms with Crippen LogP contribution < -0.4 is 0 Å². The Kier molecular flexibility index (Phi) is 0.856. The molecule has 1 aromatic rings. The summed E-state index contributed by atoms with van der Waals surface area (Å²) >= 11 is 0. The van der Waals surface area contributed by atoms with E-state index in [1.165, 1.54) is 0 Å². The minimum Gasteiger partial charge on any atom is -0.366 e. The number of hydrogen-bond donors (Lipinski definition) is 2.